The van der Waals surface area contributed by atoms with E-state index < -0.39 is 0 Å². The van der Waals surface area contributed by atoms with Gasteiger partial charge in [-0.15, -0.1) is 0 Å². The third-order valence-corrected chi connectivity index (χ3v) is 4.99. The van der Waals surface area contributed by atoms with Gasteiger partial charge in [0.25, 0.3) is 0 Å². The van der Waals surface area contributed by atoms with Crippen LogP contribution in [0.15, 0.2) is 0 Å². The van der Waals surface area contributed by atoms with Gasteiger partial charge in [-0.25, -0.2) is 0 Å². The Morgan fingerprint density at radius 1 is 1.05 bits per heavy atom. The van der Waals surface area contributed by atoms with Gasteiger partial charge in [0.2, 0.25) is 0 Å². The van der Waals surface area contributed by atoms with E-state index in [1.165, 1.54) is 64.7 Å². The van der Waals surface area contributed by atoms with Crippen molar-refractivity contribution < 1.29 is 4.74 Å². The monoisotopic (exact) mass is 268 g/mol. The molecule has 2 rings (SSSR count). The van der Waals surface area contributed by atoms with Gasteiger partial charge >= 0.3 is 0 Å². The maximum absolute atomic E-state index is 5.25. The zero-order valence-corrected chi connectivity index (χ0v) is 12.9. The van der Waals surface area contributed by atoms with Gasteiger partial charge in [0.05, 0.1) is 0 Å². The van der Waals surface area contributed by atoms with E-state index in [0.29, 0.717) is 0 Å². The number of hydrogen-bond donors (Lipinski definition) is 1. The second kappa shape index (κ2) is 8.23. The smallest absolute Gasteiger partial charge is 0.0491 e. The average Bonchev–Trinajstić information content (AvgIpc) is 2.43. The molecule has 3 heteroatoms. The first-order chi connectivity index (χ1) is 9.28. The Hall–Kier alpha value is -0.120. The molecule has 112 valence electrons. The third-order valence-electron chi connectivity index (χ3n) is 4.99. The largest absolute Gasteiger partial charge is 0.384 e. The van der Waals surface area contributed by atoms with Crippen molar-refractivity contribution in [3.63, 3.8) is 0 Å². The molecule has 0 atom stereocenters. The molecule has 1 N–H and O–H groups in total. The van der Waals surface area contributed by atoms with E-state index in [0.717, 1.165) is 24.5 Å². The lowest BCUT2D eigenvalue weighted by molar-refractivity contribution is 0.0992. The van der Waals surface area contributed by atoms with Crippen molar-refractivity contribution in [1.82, 2.24) is 10.2 Å². The molecule has 0 amide bonds. The van der Waals surface area contributed by atoms with Crippen molar-refractivity contribution in [2.45, 2.75) is 51.5 Å². The molecule has 0 aromatic carbocycles. The van der Waals surface area contributed by atoms with E-state index in [9.17, 15) is 0 Å². The highest BCUT2D eigenvalue weighted by atomic mass is 16.5. The Balaban J connectivity index is 1.52. The number of piperidine rings is 1. The van der Waals surface area contributed by atoms with Gasteiger partial charge in [0, 0.05) is 32.8 Å². The topological polar surface area (TPSA) is 24.5 Å². The molecule has 2 aliphatic rings. The molecule has 2 fully saturated rings. The Morgan fingerprint density at radius 2 is 1.74 bits per heavy atom. The van der Waals surface area contributed by atoms with Crippen LogP contribution in [0.5, 0.6) is 0 Å². The molecule has 0 aromatic rings. The second-order valence-electron chi connectivity index (χ2n) is 6.65. The number of likely N-dealkylation sites (tertiary alicyclic amines) is 1. The standard InChI is InChI=1S/C16H32N2O/c1-14-3-5-16(6-4-14)17-9-12-18-10-7-15(8-11-18)13-19-2/h14-17H,3-13H2,1-2H3. The fourth-order valence-electron chi connectivity index (χ4n) is 3.50. The van der Waals surface area contributed by atoms with Gasteiger partial charge in [0.15, 0.2) is 0 Å². The summed E-state index contributed by atoms with van der Waals surface area (Å²) in [7, 11) is 1.82. The van der Waals surface area contributed by atoms with Crippen LogP contribution in [0.25, 0.3) is 0 Å². The van der Waals surface area contributed by atoms with Crippen LogP contribution in [0.4, 0.5) is 0 Å². The summed E-state index contributed by atoms with van der Waals surface area (Å²) in [5.41, 5.74) is 0. The maximum Gasteiger partial charge on any atom is 0.0491 e. The summed E-state index contributed by atoms with van der Waals surface area (Å²) in [6.07, 6.45) is 8.23. The van der Waals surface area contributed by atoms with Crippen LogP contribution in [0.3, 0.4) is 0 Å². The van der Waals surface area contributed by atoms with E-state index in [2.05, 4.69) is 17.1 Å². The highest BCUT2D eigenvalue weighted by Gasteiger charge is 2.20. The van der Waals surface area contributed by atoms with E-state index in [1.807, 2.05) is 7.11 Å². The van der Waals surface area contributed by atoms with Gasteiger partial charge in [-0.2, -0.15) is 0 Å². The lowest BCUT2D eigenvalue weighted by atomic mass is 9.87. The summed E-state index contributed by atoms with van der Waals surface area (Å²) in [6.45, 7) is 8.27. The van der Waals surface area contributed by atoms with Crippen molar-refractivity contribution in [3.8, 4) is 0 Å². The second-order valence-corrected chi connectivity index (χ2v) is 6.65. The minimum Gasteiger partial charge on any atom is -0.384 e. The van der Waals surface area contributed by atoms with Gasteiger partial charge in [-0.1, -0.05) is 6.92 Å². The predicted molar refractivity (Wildman–Crippen MR) is 80.5 cm³/mol. The fraction of sp³-hybridized carbons (Fsp3) is 1.00. The first kappa shape index (κ1) is 15.3. The normalized spacial score (nSPS) is 30.6. The molecule has 1 saturated heterocycles. The van der Waals surface area contributed by atoms with Crippen LogP contribution >= 0.6 is 0 Å². The Bertz CT molecular complexity index is 231. The van der Waals surface area contributed by atoms with Crippen molar-refractivity contribution in [2.75, 3.05) is 39.9 Å². The fourth-order valence-corrected chi connectivity index (χ4v) is 3.50. The maximum atomic E-state index is 5.25. The molecular weight excluding hydrogens is 236 g/mol. The van der Waals surface area contributed by atoms with E-state index in [4.69, 9.17) is 4.74 Å². The van der Waals surface area contributed by atoms with Crippen LogP contribution in [0.2, 0.25) is 0 Å². The zero-order valence-electron chi connectivity index (χ0n) is 12.9. The molecule has 1 saturated carbocycles. The van der Waals surface area contributed by atoms with Crippen molar-refractivity contribution in [1.29, 1.82) is 0 Å². The molecule has 1 heterocycles. The van der Waals surface area contributed by atoms with E-state index >= 15 is 0 Å². The molecule has 0 spiro atoms. The van der Waals surface area contributed by atoms with Crippen molar-refractivity contribution >= 4 is 0 Å². The number of nitrogens with one attached hydrogen (secondary N) is 1. The summed E-state index contributed by atoms with van der Waals surface area (Å²) in [5.74, 6) is 1.76. The van der Waals surface area contributed by atoms with E-state index in [1.54, 1.807) is 0 Å². The minimum atomic E-state index is 0.794. The molecule has 3 nitrogen and oxygen atoms in total. The zero-order chi connectivity index (χ0) is 13.5. The summed E-state index contributed by atoms with van der Waals surface area (Å²) >= 11 is 0. The first-order valence-electron chi connectivity index (χ1n) is 8.22. The lowest BCUT2D eigenvalue weighted by Crippen LogP contribution is -2.42. The van der Waals surface area contributed by atoms with Gasteiger partial charge < -0.3 is 15.0 Å². The molecular formula is C16H32N2O. The predicted octanol–water partition coefficient (Wildman–Crippen LogP) is 2.51. The summed E-state index contributed by atoms with van der Waals surface area (Å²) in [6, 6.07) is 0.794. The molecule has 0 unspecified atom stereocenters. The minimum absolute atomic E-state index is 0.794. The quantitative estimate of drug-likeness (QED) is 0.801. The molecule has 19 heavy (non-hydrogen) atoms. The van der Waals surface area contributed by atoms with Gasteiger partial charge in [-0.3, -0.25) is 0 Å². The Morgan fingerprint density at radius 3 is 2.37 bits per heavy atom. The highest BCUT2D eigenvalue weighted by molar-refractivity contribution is 4.77. The van der Waals surface area contributed by atoms with Crippen LogP contribution < -0.4 is 5.32 Å². The SMILES string of the molecule is COCC1CCN(CCNC2CCC(C)CC2)CC1. The number of hydrogen-bond acceptors (Lipinski definition) is 3. The first-order valence-corrected chi connectivity index (χ1v) is 8.22. The number of rotatable bonds is 6. The molecule has 0 radical (unpaired) electrons. The lowest BCUT2D eigenvalue weighted by Gasteiger charge is -2.33. The number of nitrogens with zero attached hydrogens (tertiary/aromatic N) is 1. The van der Waals surface area contributed by atoms with Crippen LogP contribution in [0, 0.1) is 11.8 Å². The van der Waals surface area contributed by atoms with Crippen molar-refractivity contribution in [3.05, 3.63) is 0 Å². The average molecular weight is 268 g/mol. The molecule has 1 aliphatic carbocycles. The number of methoxy groups -OCH3 is 1. The third kappa shape index (κ3) is 5.41. The Kier molecular flexibility index (Phi) is 6.62. The Labute approximate surface area is 119 Å². The van der Waals surface area contributed by atoms with Gasteiger partial charge in [-0.05, 0) is 63.5 Å². The summed E-state index contributed by atoms with van der Waals surface area (Å²) < 4.78 is 5.25. The summed E-state index contributed by atoms with van der Waals surface area (Å²) in [4.78, 5) is 2.62. The van der Waals surface area contributed by atoms with Crippen LogP contribution in [-0.4, -0.2) is 50.8 Å². The van der Waals surface area contributed by atoms with Crippen LogP contribution in [-0.2, 0) is 4.74 Å². The van der Waals surface area contributed by atoms with Crippen molar-refractivity contribution in [2.24, 2.45) is 11.8 Å². The molecule has 0 bridgehead atoms. The van der Waals surface area contributed by atoms with E-state index in [-0.39, 0.29) is 0 Å². The van der Waals surface area contributed by atoms with Crippen LogP contribution in [0.1, 0.15) is 45.4 Å². The number of ether oxygens (including phenoxy) is 1. The summed E-state index contributed by atoms with van der Waals surface area (Å²) in [5, 5.41) is 3.76. The molecule has 0 aromatic heterocycles. The molecule has 1 aliphatic heterocycles. The van der Waals surface area contributed by atoms with Gasteiger partial charge in [0.1, 0.15) is 0 Å². The highest BCUT2D eigenvalue weighted by Crippen LogP contribution is 2.23.